The average Bonchev–Trinajstić information content (AvgIpc) is 2.64. The maximum atomic E-state index is 12.7. The Kier molecular flexibility index (Phi) is 9.07. The molecule has 0 fully saturated rings. The van der Waals surface area contributed by atoms with Crippen LogP contribution in [-0.4, -0.2) is 56.4 Å². The van der Waals surface area contributed by atoms with Crippen LogP contribution in [0.1, 0.15) is 33.6 Å². The molecule has 1 aromatic rings. The third-order valence-electron chi connectivity index (χ3n) is 4.04. The third-order valence-corrected chi connectivity index (χ3v) is 7.01. The number of esters is 1. The molecule has 0 aromatic heterocycles. The van der Waals surface area contributed by atoms with E-state index in [1.807, 2.05) is 6.92 Å². The van der Waals surface area contributed by atoms with Crippen LogP contribution in [-0.2, 0) is 19.6 Å². The summed E-state index contributed by atoms with van der Waals surface area (Å²) in [6, 6.07) is 4.75. The molecule has 1 unspecified atom stereocenters. The second-order valence-corrected chi connectivity index (χ2v) is 10.00. The number of sulfonamides is 1. The van der Waals surface area contributed by atoms with Crippen LogP contribution in [0.15, 0.2) is 29.2 Å². The molecule has 0 saturated carbocycles. The standard InChI is InChI=1S/C18H29NO6S2/c1-6-7-13(20)12-26-18(2,3)16(17(21)25-5)19-27(22,23)15-10-8-14(24-4)9-11-15/h8-11,13,16,19-20H,6-7,12H2,1-5H3/t13?,16-/m0/s1. The largest absolute Gasteiger partial charge is 0.497 e. The number of hydrogen-bond acceptors (Lipinski definition) is 7. The number of aliphatic hydroxyl groups is 1. The van der Waals surface area contributed by atoms with E-state index in [0.29, 0.717) is 17.9 Å². The lowest BCUT2D eigenvalue weighted by atomic mass is 10.0. The lowest BCUT2D eigenvalue weighted by Crippen LogP contribution is -2.53. The Balaban J connectivity index is 3.02. The minimum absolute atomic E-state index is 0.0176. The molecule has 1 rings (SSSR count). The number of carbonyl (C=O) groups is 1. The van der Waals surface area contributed by atoms with Crippen LogP contribution in [0.4, 0.5) is 0 Å². The zero-order valence-corrected chi connectivity index (χ0v) is 18.0. The van der Waals surface area contributed by atoms with Gasteiger partial charge in [-0.2, -0.15) is 16.5 Å². The molecule has 0 aliphatic rings. The lowest BCUT2D eigenvalue weighted by molar-refractivity contribution is -0.143. The summed E-state index contributed by atoms with van der Waals surface area (Å²) in [5.74, 6) is 0.229. The lowest BCUT2D eigenvalue weighted by Gasteiger charge is -2.32. The van der Waals surface area contributed by atoms with Gasteiger partial charge in [-0.15, -0.1) is 0 Å². The van der Waals surface area contributed by atoms with E-state index in [1.54, 1.807) is 13.8 Å². The number of benzene rings is 1. The van der Waals surface area contributed by atoms with Crippen molar-refractivity contribution in [1.29, 1.82) is 0 Å². The normalized spacial score (nSPS) is 14.4. The number of rotatable bonds is 11. The fourth-order valence-electron chi connectivity index (χ4n) is 2.38. The molecule has 154 valence electrons. The molecule has 0 amide bonds. The maximum absolute atomic E-state index is 12.7. The first-order valence-corrected chi connectivity index (χ1v) is 11.1. The topological polar surface area (TPSA) is 102 Å². The van der Waals surface area contributed by atoms with Gasteiger partial charge in [0.1, 0.15) is 11.8 Å². The number of nitrogens with one attached hydrogen (secondary N) is 1. The molecule has 2 N–H and O–H groups in total. The molecule has 27 heavy (non-hydrogen) atoms. The molecule has 0 bridgehead atoms. The Morgan fingerprint density at radius 2 is 1.85 bits per heavy atom. The van der Waals surface area contributed by atoms with Crippen LogP contribution >= 0.6 is 11.8 Å². The molecule has 0 spiro atoms. The van der Waals surface area contributed by atoms with E-state index in [-0.39, 0.29) is 4.90 Å². The van der Waals surface area contributed by atoms with Crippen LogP contribution in [0, 0.1) is 0 Å². The van der Waals surface area contributed by atoms with Gasteiger partial charge in [-0.1, -0.05) is 13.3 Å². The number of hydrogen-bond donors (Lipinski definition) is 2. The molecular weight excluding hydrogens is 390 g/mol. The quantitative estimate of drug-likeness (QED) is 0.530. The van der Waals surface area contributed by atoms with Crippen molar-refractivity contribution in [2.24, 2.45) is 0 Å². The molecule has 1 aromatic carbocycles. The van der Waals surface area contributed by atoms with E-state index in [4.69, 9.17) is 9.47 Å². The van der Waals surface area contributed by atoms with Gasteiger partial charge in [-0.05, 0) is 44.5 Å². The smallest absolute Gasteiger partial charge is 0.325 e. The van der Waals surface area contributed by atoms with Gasteiger partial charge >= 0.3 is 5.97 Å². The predicted octanol–water partition coefficient (Wildman–Crippen LogP) is 2.19. The van der Waals surface area contributed by atoms with Crippen molar-refractivity contribution in [2.45, 2.75) is 55.4 Å². The molecule has 0 heterocycles. The van der Waals surface area contributed by atoms with Crippen molar-refractivity contribution >= 4 is 27.8 Å². The summed E-state index contributed by atoms with van der Waals surface area (Å²) in [4.78, 5) is 12.3. The SMILES string of the molecule is CCCC(O)CSC(C)(C)[C@@H](NS(=O)(=O)c1ccc(OC)cc1)C(=O)OC. The van der Waals surface area contributed by atoms with Crippen molar-refractivity contribution in [3.8, 4) is 5.75 Å². The summed E-state index contributed by atoms with van der Waals surface area (Å²) in [7, 11) is -1.25. The highest BCUT2D eigenvalue weighted by Crippen LogP contribution is 2.31. The first-order valence-electron chi connectivity index (χ1n) is 8.63. The Morgan fingerprint density at radius 1 is 1.26 bits per heavy atom. The minimum atomic E-state index is -3.95. The molecule has 0 aliphatic carbocycles. The molecule has 0 saturated heterocycles. The zero-order chi connectivity index (χ0) is 20.7. The second kappa shape index (κ2) is 10.3. The van der Waals surface area contributed by atoms with Crippen LogP contribution in [0.2, 0.25) is 0 Å². The van der Waals surface area contributed by atoms with Gasteiger partial charge in [-0.3, -0.25) is 4.79 Å². The number of methoxy groups -OCH3 is 2. The maximum Gasteiger partial charge on any atom is 0.325 e. The fraction of sp³-hybridized carbons (Fsp3) is 0.611. The average molecular weight is 420 g/mol. The van der Waals surface area contributed by atoms with Gasteiger partial charge in [0.05, 0.1) is 25.2 Å². The Morgan fingerprint density at radius 3 is 2.33 bits per heavy atom. The Hall–Kier alpha value is -1.29. The molecule has 7 nitrogen and oxygen atoms in total. The van der Waals surface area contributed by atoms with Crippen molar-refractivity contribution < 1.29 is 27.8 Å². The predicted molar refractivity (Wildman–Crippen MR) is 107 cm³/mol. The van der Waals surface area contributed by atoms with Crippen molar-refractivity contribution in [3.63, 3.8) is 0 Å². The molecule has 0 aliphatic heterocycles. The first kappa shape index (κ1) is 23.7. The molecule has 9 heteroatoms. The van der Waals surface area contributed by atoms with Crippen LogP contribution < -0.4 is 9.46 Å². The van der Waals surface area contributed by atoms with Crippen molar-refractivity contribution in [2.75, 3.05) is 20.0 Å². The highest BCUT2D eigenvalue weighted by Gasteiger charge is 2.40. The fourth-order valence-corrected chi connectivity index (χ4v) is 4.90. The third kappa shape index (κ3) is 6.99. The number of carbonyl (C=O) groups excluding carboxylic acids is 1. The van der Waals surface area contributed by atoms with Crippen molar-refractivity contribution in [1.82, 2.24) is 4.72 Å². The summed E-state index contributed by atoms with van der Waals surface area (Å²) in [6.45, 7) is 5.46. The highest BCUT2D eigenvalue weighted by atomic mass is 32.2. The van der Waals surface area contributed by atoms with Crippen molar-refractivity contribution in [3.05, 3.63) is 24.3 Å². The van der Waals surface area contributed by atoms with E-state index in [0.717, 1.165) is 6.42 Å². The number of ether oxygens (including phenoxy) is 2. The summed E-state index contributed by atoms with van der Waals surface area (Å²) >= 11 is 1.32. The zero-order valence-electron chi connectivity index (χ0n) is 16.4. The summed E-state index contributed by atoms with van der Waals surface area (Å²) in [5.41, 5.74) is 0. The first-order chi connectivity index (χ1) is 12.6. The van der Waals surface area contributed by atoms with Crippen LogP contribution in [0.25, 0.3) is 0 Å². The second-order valence-electron chi connectivity index (χ2n) is 6.61. The minimum Gasteiger partial charge on any atom is -0.497 e. The van der Waals surface area contributed by atoms with E-state index in [1.165, 1.54) is 50.2 Å². The van der Waals surface area contributed by atoms with Gasteiger partial charge in [0.25, 0.3) is 0 Å². The summed E-state index contributed by atoms with van der Waals surface area (Å²) in [6.07, 6.45) is 0.965. The molecule has 0 radical (unpaired) electrons. The summed E-state index contributed by atoms with van der Waals surface area (Å²) < 4.78 is 36.9. The van der Waals surface area contributed by atoms with Gasteiger partial charge in [0.15, 0.2) is 0 Å². The van der Waals surface area contributed by atoms with E-state index in [9.17, 15) is 18.3 Å². The van der Waals surface area contributed by atoms with Gasteiger partial charge in [0, 0.05) is 10.5 Å². The Labute approximate surface area is 165 Å². The number of thioether (sulfide) groups is 1. The highest BCUT2D eigenvalue weighted by molar-refractivity contribution is 8.00. The van der Waals surface area contributed by atoms with E-state index < -0.39 is 32.9 Å². The van der Waals surface area contributed by atoms with Gasteiger partial charge in [-0.25, -0.2) is 8.42 Å². The van der Waals surface area contributed by atoms with E-state index >= 15 is 0 Å². The van der Waals surface area contributed by atoms with Gasteiger partial charge < -0.3 is 14.6 Å². The summed E-state index contributed by atoms with van der Waals surface area (Å²) in [5, 5.41) is 9.96. The van der Waals surface area contributed by atoms with Gasteiger partial charge in [0.2, 0.25) is 10.0 Å². The van der Waals surface area contributed by atoms with Crippen LogP contribution in [0.5, 0.6) is 5.75 Å². The van der Waals surface area contributed by atoms with E-state index in [2.05, 4.69) is 4.72 Å². The monoisotopic (exact) mass is 419 g/mol. The van der Waals surface area contributed by atoms with Crippen LogP contribution in [0.3, 0.4) is 0 Å². The molecular formula is C18H29NO6S2. The molecule has 2 atom stereocenters. The number of aliphatic hydroxyl groups excluding tert-OH is 1. The Bertz CT molecular complexity index is 703.